The SMILES string of the molecule is O=C(NNS(=O)(=O)c1ccc(Br)cc1)C12C[C@@H]3C[C@@H](CC(Cl)(C3)C1)C2. The van der Waals surface area contributed by atoms with Crippen LogP contribution in [0, 0.1) is 17.3 Å². The van der Waals surface area contributed by atoms with Gasteiger partial charge in [0.1, 0.15) is 0 Å². The molecule has 1 aromatic carbocycles. The molecule has 1 aromatic rings. The molecule has 25 heavy (non-hydrogen) atoms. The standard InChI is InChI=1S/C17H20BrClN2O3S/c18-13-1-3-14(4-2-13)25(23,24)21-20-15(22)16-6-11-5-12(7-16)9-17(19,8-11)10-16/h1-4,11-12,21H,5-10H2,(H,20,22)/t11-,12+,16?,17?. The van der Waals surface area contributed by atoms with Gasteiger partial charge in [0.2, 0.25) is 5.91 Å². The van der Waals surface area contributed by atoms with Gasteiger partial charge in [-0.15, -0.1) is 16.4 Å². The highest BCUT2D eigenvalue weighted by atomic mass is 79.9. The number of hydrogen-bond donors (Lipinski definition) is 2. The second-order valence-electron chi connectivity index (χ2n) is 7.91. The number of benzene rings is 1. The summed E-state index contributed by atoms with van der Waals surface area (Å²) in [5.41, 5.74) is 1.93. The first kappa shape index (κ1) is 17.8. The third-order valence-corrected chi connectivity index (χ3v) is 8.13. The molecule has 8 heteroatoms. The summed E-state index contributed by atoms with van der Waals surface area (Å²) >= 11 is 10.0. The maximum absolute atomic E-state index is 12.9. The molecule has 136 valence electrons. The minimum atomic E-state index is -3.79. The number of carbonyl (C=O) groups is 1. The number of hydrogen-bond acceptors (Lipinski definition) is 3. The van der Waals surface area contributed by atoms with Crippen LogP contribution in [0.4, 0.5) is 0 Å². The first-order valence-corrected chi connectivity index (χ1v) is 11.1. The van der Waals surface area contributed by atoms with Crippen LogP contribution in [-0.2, 0) is 14.8 Å². The molecule has 4 fully saturated rings. The van der Waals surface area contributed by atoms with Crippen molar-refractivity contribution in [2.45, 2.75) is 48.3 Å². The average molecular weight is 448 g/mol. The predicted octanol–water partition coefficient (Wildman–Crippen LogP) is 3.34. The highest BCUT2D eigenvalue weighted by molar-refractivity contribution is 9.10. The lowest BCUT2D eigenvalue weighted by atomic mass is 9.49. The first-order valence-electron chi connectivity index (χ1n) is 8.47. The molecular weight excluding hydrogens is 428 g/mol. The lowest BCUT2D eigenvalue weighted by molar-refractivity contribution is -0.145. The Morgan fingerprint density at radius 2 is 1.72 bits per heavy atom. The van der Waals surface area contributed by atoms with E-state index in [1.807, 2.05) is 0 Å². The van der Waals surface area contributed by atoms with Crippen molar-refractivity contribution in [2.75, 3.05) is 0 Å². The lowest BCUT2D eigenvalue weighted by Crippen LogP contribution is -2.60. The van der Waals surface area contributed by atoms with Crippen molar-refractivity contribution in [1.82, 2.24) is 10.3 Å². The Morgan fingerprint density at radius 3 is 2.28 bits per heavy atom. The lowest BCUT2D eigenvalue weighted by Gasteiger charge is -2.59. The van der Waals surface area contributed by atoms with E-state index < -0.39 is 15.4 Å². The van der Waals surface area contributed by atoms with Crippen molar-refractivity contribution in [3.05, 3.63) is 28.7 Å². The molecule has 0 saturated heterocycles. The molecule has 0 radical (unpaired) electrons. The number of hydrazine groups is 1. The van der Waals surface area contributed by atoms with Crippen LogP contribution in [0.3, 0.4) is 0 Å². The first-order chi connectivity index (χ1) is 11.7. The molecule has 2 N–H and O–H groups in total. The Labute approximate surface area is 161 Å². The molecule has 0 aromatic heterocycles. The molecule has 0 heterocycles. The molecule has 4 aliphatic rings. The summed E-state index contributed by atoms with van der Waals surface area (Å²) in [4.78, 5) is 14.9. The molecular formula is C17H20BrClN2O3S. The minimum Gasteiger partial charge on any atom is -0.277 e. The van der Waals surface area contributed by atoms with E-state index in [0.717, 1.165) is 36.6 Å². The van der Waals surface area contributed by atoms with Gasteiger partial charge in [0.05, 0.1) is 10.3 Å². The number of rotatable bonds is 4. The number of nitrogens with one attached hydrogen (secondary N) is 2. The van der Waals surface area contributed by atoms with E-state index in [0.29, 0.717) is 18.3 Å². The van der Waals surface area contributed by atoms with Gasteiger partial charge in [-0.2, -0.15) is 0 Å². The molecule has 2 unspecified atom stereocenters. The predicted molar refractivity (Wildman–Crippen MR) is 98.3 cm³/mol. The molecule has 4 bridgehead atoms. The maximum atomic E-state index is 12.9. The van der Waals surface area contributed by atoms with E-state index in [1.165, 1.54) is 12.1 Å². The summed E-state index contributed by atoms with van der Waals surface area (Å²) < 4.78 is 25.5. The topological polar surface area (TPSA) is 75.3 Å². The van der Waals surface area contributed by atoms with Gasteiger partial charge in [0.25, 0.3) is 10.0 Å². The Morgan fingerprint density at radius 1 is 1.12 bits per heavy atom. The van der Waals surface area contributed by atoms with Gasteiger partial charge in [0.15, 0.2) is 0 Å². The van der Waals surface area contributed by atoms with Crippen LogP contribution in [0.15, 0.2) is 33.6 Å². The highest BCUT2D eigenvalue weighted by Gasteiger charge is 2.60. The molecule has 4 aliphatic carbocycles. The van der Waals surface area contributed by atoms with E-state index in [4.69, 9.17) is 11.6 Å². The fourth-order valence-corrected chi connectivity index (χ4v) is 7.13. The van der Waals surface area contributed by atoms with Gasteiger partial charge in [-0.05, 0) is 74.6 Å². The number of sulfonamides is 1. The van der Waals surface area contributed by atoms with E-state index in [1.54, 1.807) is 12.1 Å². The number of amides is 1. The molecule has 0 spiro atoms. The summed E-state index contributed by atoms with van der Waals surface area (Å²) in [5, 5.41) is 0. The Hall–Kier alpha value is -0.630. The molecule has 5 rings (SSSR count). The summed E-state index contributed by atoms with van der Waals surface area (Å²) in [6, 6.07) is 6.26. The Balaban J connectivity index is 1.48. The van der Waals surface area contributed by atoms with E-state index in [2.05, 4.69) is 26.2 Å². The Bertz CT molecular complexity index is 798. The van der Waals surface area contributed by atoms with Crippen molar-refractivity contribution in [1.29, 1.82) is 0 Å². The van der Waals surface area contributed by atoms with Gasteiger partial charge in [0, 0.05) is 9.35 Å². The zero-order chi connectivity index (χ0) is 17.9. The largest absolute Gasteiger partial charge is 0.277 e. The summed E-state index contributed by atoms with van der Waals surface area (Å²) in [5.74, 6) is 0.715. The minimum absolute atomic E-state index is 0.107. The molecule has 1 amide bonds. The van der Waals surface area contributed by atoms with Crippen LogP contribution in [0.2, 0.25) is 0 Å². The second kappa shape index (κ2) is 5.94. The molecule has 4 atom stereocenters. The average Bonchev–Trinajstić information content (AvgIpc) is 2.50. The summed E-state index contributed by atoms with van der Waals surface area (Å²) in [7, 11) is -3.79. The fourth-order valence-electron chi connectivity index (χ4n) is 5.34. The van der Waals surface area contributed by atoms with Crippen LogP contribution in [0.25, 0.3) is 0 Å². The molecule has 4 saturated carbocycles. The van der Waals surface area contributed by atoms with Gasteiger partial charge >= 0.3 is 0 Å². The van der Waals surface area contributed by atoms with E-state index in [-0.39, 0.29) is 15.7 Å². The van der Waals surface area contributed by atoms with Crippen LogP contribution in [-0.4, -0.2) is 19.2 Å². The Kier molecular flexibility index (Phi) is 4.22. The maximum Gasteiger partial charge on any atom is 0.257 e. The van der Waals surface area contributed by atoms with Crippen molar-refractivity contribution >= 4 is 43.5 Å². The van der Waals surface area contributed by atoms with Crippen molar-refractivity contribution in [2.24, 2.45) is 17.3 Å². The van der Waals surface area contributed by atoms with Gasteiger partial charge < -0.3 is 0 Å². The number of alkyl halides is 1. The van der Waals surface area contributed by atoms with Gasteiger partial charge in [-0.1, -0.05) is 15.9 Å². The zero-order valence-electron chi connectivity index (χ0n) is 13.6. The van der Waals surface area contributed by atoms with E-state index in [9.17, 15) is 13.2 Å². The monoisotopic (exact) mass is 446 g/mol. The second-order valence-corrected chi connectivity index (χ2v) is 11.3. The number of halogens is 2. The molecule has 0 aliphatic heterocycles. The third-order valence-electron chi connectivity index (χ3n) is 5.89. The van der Waals surface area contributed by atoms with Crippen LogP contribution >= 0.6 is 27.5 Å². The zero-order valence-corrected chi connectivity index (χ0v) is 16.8. The van der Waals surface area contributed by atoms with Gasteiger partial charge in [-0.25, -0.2) is 8.42 Å². The number of carbonyl (C=O) groups excluding carboxylic acids is 1. The quantitative estimate of drug-likeness (QED) is 0.549. The van der Waals surface area contributed by atoms with Crippen LogP contribution in [0.5, 0.6) is 0 Å². The van der Waals surface area contributed by atoms with Crippen molar-refractivity contribution < 1.29 is 13.2 Å². The van der Waals surface area contributed by atoms with Gasteiger partial charge in [-0.3, -0.25) is 10.2 Å². The van der Waals surface area contributed by atoms with Crippen molar-refractivity contribution in [3.8, 4) is 0 Å². The third kappa shape index (κ3) is 3.24. The highest BCUT2D eigenvalue weighted by Crippen LogP contribution is 2.63. The van der Waals surface area contributed by atoms with Crippen LogP contribution < -0.4 is 10.3 Å². The smallest absolute Gasteiger partial charge is 0.257 e. The normalized spacial score (nSPS) is 36.4. The fraction of sp³-hybridized carbons (Fsp3) is 0.588. The van der Waals surface area contributed by atoms with Crippen LogP contribution in [0.1, 0.15) is 38.5 Å². The van der Waals surface area contributed by atoms with Crippen molar-refractivity contribution in [3.63, 3.8) is 0 Å². The summed E-state index contributed by atoms with van der Waals surface area (Å²) in [6.45, 7) is 0. The molecule has 5 nitrogen and oxygen atoms in total. The van der Waals surface area contributed by atoms with E-state index >= 15 is 0 Å². The summed E-state index contributed by atoms with van der Waals surface area (Å²) in [6.07, 6.45) is 5.36.